The summed E-state index contributed by atoms with van der Waals surface area (Å²) in [4.78, 5) is 37.5. The Bertz CT molecular complexity index is 923. The van der Waals surface area contributed by atoms with Gasteiger partial charge < -0.3 is 15.5 Å². The van der Waals surface area contributed by atoms with E-state index in [1.807, 2.05) is 30.3 Å². The van der Waals surface area contributed by atoms with Gasteiger partial charge in [0.25, 0.3) is 5.91 Å². The normalized spacial score (nSPS) is 16.1. The smallest absolute Gasteiger partial charge is 0.251 e. The molecule has 0 aliphatic carbocycles. The van der Waals surface area contributed by atoms with Crippen LogP contribution in [0.2, 0.25) is 0 Å². The number of benzene rings is 2. The SMILES string of the molecule is O=C1CCCc2cc(C(=O)NCc3cccc(N4CCC4=O)c3)ccc2N1. The van der Waals surface area contributed by atoms with Gasteiger partial charge in [0, 0.05) is 42.9 Å². The second-order valence-electron chi connectivity index (χ2n) is 6.92. The molecular weight excluding hydrogens is 342 g/mol. The van der Waals surface area contributed by atoms with Crippen molar-refractivity contribution in [2.24, 2.45) is 0 Å². The van der Waals surface area contributed by atoms with Crippen molar-refractivity contribution >= 4 is 29.1 Å². The Morgan fingerprint density at radius 1 is 1.07 bits per heavy atom. The van der Waals surface area contributed by atoms with Gasteiger partial charge >= 0.3 is 0 Å². The van der Waals surface area contributed by atoms with E-state index in [4.69, 9.17) is 0 Å². The van der Waals surface area contributed by atoms with E-state index in [2.05, 4.69) is 10.6 Å². The summed E-state index contributed by atoms with van der Waals surface area (Å²) in [5.74, 6) is -0.00132. The Labute approximate surface area is 157 Å². The first-order valence-electron chi connectivity index (χ1n) is 9.20. The Hall–Kier alpha value is -3.15. The number of anilines is 2. The summed E-state index contributed by atoms with van der Waals surface area (Å²) >= 11 is 0. The third-order valence-corrected chi connectivity index (χ3v) is 5.02. The summed E-state index contributed by atoms with van der Waals surface area (Å²) < 4.78 is 0. The summed E-state index contributed by atoms with van der Waals surface area (Å²) in [6.45, 7) is 1.14. The van der Waals surface area contributed by atoms with Crippen LogP contribution in [0.3, 0.4) is 0 Å². The number of nitrogens with one attached hydrogen (secondary N) is 2. The zero-order valence-corrected chi connectivity index (χ0v) is 15.0. The lowest BCUT2D eigenvalue weighted by atomic mass is 10.0. The van der Waals surface area contributed by atoms with Gasteiger partial charge in [-0.15, -0.1) is 0 Å². The van der Waals surface area contributed by atoms with E-state index >= 15 is 0 Å². The molecule has 0 spiro atoms. The van der Waals surface area contributed by atoms with E-state index in [0.29, 0.717) is 24.9 Å². The van der Waals surface area contributed by atoms with Gasteiger partial charge in [-0.2, -0.15) is 0 Å². The van der Waals surface area contributed by atoms with Crippen LogP contribution < -0.4 is 15.5 Å². The number of hydrogen-bond donors (Lipinski definition) is 2. The molecule has 2 aliphatic heterocycles. The third kappa shape index (κ3) is 3.69. The average Bonchev–Trinajstić information content (AvgIpc) is 2.85. The molecule has 138 valence electrons. The van der Waals surface area contributed by atoms with Crippen LogP contribution in [0.4, 0.5) is 11.4 Å². The van der Waals surface area contributed by atoms with Crippen molar-refractivity contribution in [3.05, 3.63) is 59.2 Å². The molecule has 4 rings (SSSR count). The van der Waals surface area contributed by atoms with E-state index in [-0.39, 0.29) is 17.7 Å². The number of rotatable bonds is 4. The molecule has 0 saturated carbocycles. The van der Waals surface area contributed by atoms with Crippen LogP contribution in [-0.4, -0.2) is 24.3 Å². The molecular formula is C21H21N3O3. The van der Waals surface area contributed by atoms with Gasteiger partial charge in [0.05, 0.1) is 0 Å². The number of carbonyl (C=O) groups excluding carboxylic acids is 3. The summed E-state index contributed by atoms with van der Waals surface area (Å²) in [5.41, 5.74) is 4.19. The molecule has 2 aromatic rings. The second-order valence-corrected chi connectivity index (χ2v) is 6.92. The lowest BCUT2D eigenvalue weighted by Crippen LogP contribution is -2.43. The van der Waals surface area contributed by atoms with Crippen LogP contribution in [0, 0.1) is 0 Å². The minimum atomic E-state index is -0.154. The van der Waals surface area contributed by atoms with Gasteiger partial charge in [0.15, 0.2) is 0 Å². The van der Waals surface area contributed by atoms with Crippen molar-refractivity contribution in [3.63, 3.8) is 0 Å². The standard InChI is InChI=1S/C21H21N3O3/c25-19-6-2-4-15-12-16(7-8-18(15)23-19)21(27)22-13-14-3-1-5-17(11-14)24-10-9-20(24)26/h1,3,5,7-8,11-12H,2,4,6,9-10,13H2,(H,22,27)(H,23,25). The molecule has 2 heterocycles. The number of amides is 3. The van der Waals surface area contributed by atoms with E-state index in [1.165, 1.54) is 0 Å². The van der Waals surface area contributed by atoms with Crippen molar-refractivity contribution in [1.29, 1.82) is 0 Å². The minimum absolute atomic E-state index is 0.0199. The lowest BCUT2D eigenvalue weighted by molar-refractivity contribution is -0.122. The molecule has 0 unspecified atom stereocenters. The van der Waals surface area contributed by atoms with E-state index in [9.17, 15) is 14.4 Å². The molecule has 6 nitrogen and oxygen atoms in total. The first kappa shape index (κ1) is 17.3. The summed E-state index contributed by atoms with van der Waals surface area (Å²) in [5, 5.41) is 5.81. The Morgan fingerprint density at radius 3 is 2.74 bits per heavy atom. The van der Waals surface area contributed by atoms with E-state index in [1.54, 1.807) is 17.0 Å². The Kier molecular flexibility index (Phi) is 4.62. The molecule has 27 heavy (non-hydrogen) atoms. The minimum Gasteiger partial charge on any atom is -0.348 e. The van der Waals surface area contributed by atoms with Gasteiger partial charge in [-0.3, -0.25) is 14.4 Å². The molecule has 1 saturated heterocycles. The van der Waals surface area contributed by atoms with E-state index < -0.39 is 0 Å². The van der Waals surface area contributed by atoms with Crippen LogP contribution in [0.1, 0.15) is 40.7 Å². The maximum atomic E-state index is 12.5. The van der Waals surface area contributed by atoms with Crippen LogP contribution in [-0.2, 0) is 22.6 Å². The highest BCUT2D eigenvalue weighted by atomic mass is 16.2. The molecule has 6 heteroatoms. The second kappa shape index (κ2) is 7.23. The lowest BCUT2D eigenvalue weighted by Gasteiger charge is -2.30. The molecule has 2 N–H and O–H groups in total. The number of fused-ring (bicyclic) bond motifs is 1. The van der Waals surface area contributed by atoms with Gasteiger partial charge in [-0.05, 0) is 54.3 Å². The highest BCUT2D eigenvalue weighted by Gasteiger charge is 2.25. The number of hydrogen-bond acceptors (Lipinski definition) is 3. The predicted molar refractivity (Wildman–Crippen MR) is 103 cm³/mol. The molecule has 2 aromatic carbocycles. The molecule has 0 bridgehead atoms. The van der Waals surface area contributed by atoms with Gasteiger partial charge in [-0.25, -0.2) is 0 Å². The monoisotopic (exact) mass is 363 g/mol. The first-order chi connectivity index (χ1) is 13.1. The Morgan fingerprint density at radius 2 is 1.96 bits per heavy atom. The van der Waals surface area contributed by atoms with Crippen molar-refractivity contribution in [2.75, 3.05) is 16.8 Å². The number of β-lactam (4-membered cyclic amide) rings is 1. The van der Waals surface area contributed by atoms with Gasteiger partial charge in [0.2, 0.25) is 11.8 Å². The van der Waals surface area contributed by atoms with Crippen LogP contribution in [0.25, 0.3) is 0 Å². The quantitative estimate of drug-likeness (QED) is 0.820. The van der Waals surface area contributed by atoms with Gasteiger partial charge in [0.1, 0.15) is 0 Å². The average molecular weight is 363 g/mol. The maximum Gasteiger partial charge on any atom is 0.251 e. The molecule has 1 fully saturated rings. The predicted octanol–water partition coefficient (Wildman–Crippen LogP) is 2.63. The van der Waals surface area contributed by atoms with Crippen molar-refractivity contribution in [3.8, 4) is 0 Å². The van der Waals surface area contributed by atoms with E-state index in [0.717, 1.165) is 41.9 Å². The molecule has 2 aliphatic rings. The topological polar surface area (TPSA) is 78.5 Å². The number of carbonyl (C=O) groups is 3. The largest absolute Gasteiger partial charge is 0.348 e. The zero-order chi connectivity index (χ0) is 18.8. The van der Waals surface area contributed by atoms with Gasteiger partial charge in [-0.1, -0.05) is 12.1 Å². The highest BCUT2D eigenvalue weighted by molar-refractivity contribution is 5.99. The molecule has 3 amide bonds. The summed E-state index contributed by atoms with van der Waals surface area (Å²) in [7, 11) is 0. The number of nitrogens with zero attached hydrogens (tertiary/aromatic N) is 1. The fraction of sp³-hybridized carbons (Fsp3) is 0.286. The summed E-state index contributed by atoms with van der Waals surface area (Å²) in [6, 6.07) is 13.0. The fourth-order valence-corrected chi connectivity index (χ4v) is 3.42. The van der Waals surface area contributed by atoms with Crippen LogP contribution in [0.5, 0.6) is 0 Å². The highest BCUT2D eigenvalue weighted by Crippen LogP contribution is 2.24. The fourth-order valence-electron chi connectivity index (χ4n) is 3.42. The summed E-state index contributed by atoms with van der Waals surface area (Å²) in [6.07, 6.45) is 2.67. The van der Waals surface area contributed by atoms with Crippen LogP contribution >= 0.6 is 0 Å². The molecule has 0 radical (unpaired) electrons. The van der Waals surface area contributed by atoms with Crippen LogP contribution in [0.15, 0.2) is 42.5 Å². The Balaban J connectivity index is 1.42. The molecule has 0 atom stereocenters. The first-order valence-corrected chi connectivity index (χ1v) is 9.20. The van der Waals surface area contributed by atoms with Crippen molar-refractivity contribution in [1.82, 2.24) is 5.32 Å². The van der Waals surface area contributed by atoms with Crippen molar-refractivity contribution < 1.29 is 14.4 Å². The number of aryl methyl sites for hydroxylation is 1. The molecule has 0 aromatic heterocycles. The van der Waals surface area contributed by atoms with Crippen molar-refractivity contribution in [2.45, 2.75) is 32.2 Å². The maximum absolute atomic E-state index is 12.5. The third-order valence-electron chi connectivity index (χ3n) is 5.02. The zero-order valence-electron chi connectivity index (χ0n) is 15.0.